The van der Waals surface area contributed by atoms with E-state index in [2.05, 4.69) is 254 Å². The zero-order valence-electron chi connectivity index (χ0n) is 36.3. The summed E-state index contributed by atoms with van der Waals surface area (Å²) in [4.78, 5) is 4.77. The van der Waals surface area contributed by atoms with Crippen LogP contribution in [0.1, 0.15) is 33.4 Å². The van der Waals surface area contributed by atoms with Crippen molar-refractivity contribution >= 4 is 66.4 Å². The van der Waals surface area contributed by atoms with E-state index in [1.165, 1.54) is 88.0 Å². The van der Waals surface area contributed by atoms with Crippen molar-refractivity contribution in [3.63, 3.8) is 0 Å². The number of rotatable bonds is 6. The highest BCUT2D eigenvalue weighted by Gasteiger charge is 2.53. The second kappa shape index (κ2) is 14.4. The molecule has 306 valence electrons. The number of nitrogens with zero attached hydrogens (tertiary/aromatic N) is 2. The summed E-state index contributed by atoms with van der Waals surface area (Å²) in [5, 5.41) is 7.49. The molecule has 0 aliphatic heterocycles. The van der Waals surface area contributed by atoms with Crippen molar-refractivity contribution in [1.82, 2.24) is 0 Å². The summed E-state index contributed by atoms with van der Waals surface area (Å²) in [6, 6.07) is 86.0. The lowest BCUT2D eigenvalue weighted by atomic mass is 9.69. The predicted octanol–water partition coefficient (Wildman–Crippen LogP) is 17.0. The number of para-hydroxylation sites is 2. The van der Waals surface area contributed by atoms with E-state index in [0.717, 1.165) is 34.1 Å². The average Bonchev–Trinajstić information content (AvgIpc) is 3.81. The SMILES string of the molecule is Cc1cccc(N(c2ccccc2)c2ccc3cc4c(cc3c2)C2(c3ccccc3-c3c2ccc2ccccc32)c2c-4ccc3cc(N(c4ccccc4)c4cccc(C)c4)ccc23)c1. The third-order valence-electron chi connectivity index (χ3n) is 14.0. The summed E-state index contributed by atoms with van der Waals surface area (Å²) < 4.78 is 0. The van der Waals surface area contributed by atoms with Crippen molar-refractivity contribution in [3.8, 4) is 22.3 Å². The van der Waals surface area contributed by atoms with Crippen molar-refractivity contribution < 1.29 is 0 Å². The fourth-order valence-electron chi connectivity index (χ4n) is 11.4. The molecule has 0 radical (unpaired) electrons. The lowest BCUT2D eigenvalue weighted by Gasteiger charge is -2.32. The molecule has 11 aromatic carbocycles. The van der Waals surface area contributed by atoms with Crippen LogP contribution in [-0.2, 0) is 5.41 Å². The first-order valence-electron chi connectivity index (χ1n) is 22.7. The Labute approximate surface area is 379 Å². The van der Waals surface area contributed by atoms with Crippen LogP contribution in [0.4, 0.5) is 34.1 Å². The fourth-order valence-corrected chi connectivity index (χ4v) is 11.4. The zero-order valence-corrected chi connectivity index (χ0v) is 36.3. The Bertz CT molecular complexity index is 3700. The molecule has 11 aromatic rings. The van der Waals surface area contributed by atoms with Gasteiger partial charge in [0.15, 0.2) is 0 Å². The van der Waals surface area contributed by atoms with Crippen molar-refractivity contribution in [2.45, 2.75) is 19.3 Å². The molecular weight excluding hydrogens is 785 g/mol. The summed E-state index contributed by atoms with van der Waals surface area (Å²) in [7, 11) is 0. The summed E-state index contributed by atoms with van der Waals surface area (Å²) in [5.41, 5.74) is 19.3. The molecule has 13 rings (SSSR count). The van der Waals surface area contributed by atoms with Crippen molar-refractivity contribution in [1.29, 1.82) is 0 Å². The number of fused-ring (bicyclic) bond motifs is 15. The van der Waals surface area contributed by atoms with Crippen LogP contribution in [0.15, 0.2) is 231 Å². The Balaban J connectivity index is 1.09. The molecule has 0 fully saturated rings. The monoisotopic (exact) mass is 828 g/mol. The summed E-state index contributed by atoms with van der Waals surface area (Å²) in [5.74, 6) is 0. The molecule has 65 heavy (non-hydrogen) atoms. The first-order valence-corrected chi connectivity index (χ1v) is 22.7. The smallest absolute Gasteiger partial charge is 0.0731 e. The zero-order chi connectivity index (χ0) is 43.2. The van der Waals surface area contributed by atoms with Gasteiger partial charge in [-0.2, -0.15) is 0 Å². The number of hydrogen-bond acceptors (Lipinski definition) is 2. The van der Waals surface area contributed by atoms with Gasteiger partial charge in [-0.25, -0.2) is 0 Å². The Kier molecular flexibility index (Phi) is 8.29. The highest BCUT2D eigenvalue weighted by atomic mass is 15.1. The maximum Gasteiger partial charge on any atom is 0.0731 e. The van der Waals surface area contributed by atoms with Gasteiger partial charge in [-0.05, 0) is 187 Å². The first-order chi connectivity index (χ1) is 32.0. The number of benzene rings is 11. The minimum Gasteiger partial charge on any atom is -0.310 e. The fraction of sp³-hybridized carbons (Fsp3) is 0.0476. The molecule has 2 aliphatic carbocycles. The van der Waals surface area contributed by atoms with Crippen LogP contribution >= 0.6 is 0 Å². The minimum absolute atomic E-state index is 0.558. The van der Waals surface area contributed by atoms with E-state index in [4.69, 9.17) is 0 Å². The lowest BCUT2D eigenvalue weighted by Crippen LogP contribution is -2.26. The quantitative estimate of drug-likeness (QED) is 0.165. The molecule has 0 heterocycles. The van der Waals surface area contributed by atoms with E-state index in [9.17, 15) is 0 Å². The Morgan fingerprint density at radius 3 is 1.57 bits per heavy atom. The van der Waals surface area contributed by atoms with E-state index >= 15 is 0 Å². The molecule has 0 saturated heterocycles. The molecule has 1 spiro atoms. The van der Waals surface area contributed by atoms with Crippen LogP contribution in [0, 0.1) is 13.8 Å². The molecule has 0 saturated carbocycles. The predicted molar refractivity (Wildman–Crippen MR) is 274 cm³/mol. The van der Waals surface area contributed by atoms with Gasteiger partial charge in [0.1, 0.15) is 0 Å². The van der Waals surface area contributed by atoms with Gasteiger partial charge in [0.25, 0.3) is 0 Å². The van der Waals surface area contributed by atoms with Gasteiger partial charge in [-0.3, -0.25) is 0 Å². The maximum atomic E-state index is 2.53. The number of anilines is 6. The molecule has 0 amide bonds. The number of hydrogen-bond donors (Lipinski definition) is 0. The van der Waals surface area contributed by atoms with E-state index in [-0.39, 0.29) is 0 Å². The number of aryl methyl sites for hydroxylation is 2. The van der Waals surface area contributed by atoms with E-state index in [1.807, 2.05) is 0 Å². The normalized spacial score (nSPS) is 14.4. The van der Waals surface area contributed by atoms with Gasteiger partial charge in [0.05, 0.1) is 5.41 Å². The van der Waals surface area contributed by atoms with Crippen LogP contribution < -0.4 is 9.80 Å². The van der Waals surface area contributed by atoms with Gasteiger partial charge in [0, 0.05) is 34.1 Å². The maximum absolute atomic E-state index is 2.53. The van der Waals surface area contributed by atoms with Crippen molar-refractivity contribution in [2.24, 2.45) is 0 Å². The molecule has 2 nitrogen and oxygen atoms in total. The molecule has 2 heteroatoms. The van der Waals surface area contributed by atoms with Crippen LogP contribution in [0.2, 0.25) is 0 Å². The molecule has 0 bridgehead atoms. The molecule has 1 atom stereocenters. The second-order valence-corrected chi connectivity index (χ2v) is 17.8. The largest absolute Gasteiger partial charge is 0.310 e. The van der Waals surface area contributed by atoms with Gasteiger partial charge in [0.2, 0.25) is 0 Å². The third kappa shape index (κ3) is 5.60. The highest BCUT2D eigenvalue weighted by Crippen LogP contribution is 2.65. The summed E-state index contributed by atoms with van der Waals surface area (Å²) in [6.45, 7) is 4.34. The van der Waals surface area contributed by atoms with Gasteiger partial charge in [-0.15, -0.1) is 0 Å². The molecule has 0 N–H and O–H groups in total. The van der Waals surface area contributed by atoms with Gasteiger partial charge in [-0.1, -0.05) is 146 Å². The first kappa shape index (κ1) is 37.4. The van der Waals surface area contributed by atoms with Crippen LogP contribution in [0.3, 0.4) is 0 Å². The molecular formula is C63H44N2. The Morgan fingerprint density at radius 2 is 0.862 bits per heavy atom. The van der Waals surface area contributed by atoms with E-state index in [1.54, 1.807) is 0 Å². The van der Waals surface area contributed by atoms with Crippen molar-refractivity contribution in [3.05, 3.63) is 264 Å². The van der Waals surface area contributed by atoms with Gasteiger partial charge >= 0.3 is 0 Å². The van der Waals surface area contributed by atoms with E-state index < -0.39 is 5.41 Å². The highest BCUT2D eigenvalue weighted by molar-refractivity contribution is 6.11. The van der Waals surface area contributed by atoms with Crippen LogP contribution in [0.5, 0.6) is 0 Å². The Morgan fingerprint density at radius 1 is 0.292 bits per heavy atom. The Hall–Kier alpha value is -8.20. The topological polar surface area (TPSA) is 6.48 Å². The lowest BCUT2D eigenvalue weighted by molar-refractivity contribution is 0.803. The average molecular weight is 829 g/mol. The van der Waals surface area contributed by atoms with Crippen molar-refractivity contribution in [2.75, 3.05) is 9.80 Å². The summed E-state index contributed by atoms with van der Waals surface area (Å²) in [6.07, 6.45) is 0. The van der Waals surface area contributed by atoms with E-state index in [0.29, 0.717) is 0 Å². The second-order valence-electron chi connectivity index (χ2n) is 17.8. The molecule has 2 aliphatic rings. The minimum atomic E-state index is -0.558. The summed E-state index contributed by atoms with van der Waals surface area (Å²) >= 11 is 0. The van der Waals surface area contributed by atoms with Crippen LogP contribution in [-0.4, -0.2) is 0 Å². The van der Waals surface area contributed by atoms with Crippen LogP contribution in [0.25, 0.3) is 54.6 Å². The standard InChI is InChI=1S/C63H44N2/c1-41-15-13-22-49(35-41)64(47-18-5-3-6-19-47)51-30-27-44-39-57-55-32-28-45-37-52(65(48-20-7-4-8-21-48)50-23-14-16-42(2)36-50)31-33-54(45)62(55)63(60(57)40-46(44)38-51)58-26-12-11-25-56(58)61-53-24-10-9-17-43(53)29-34-59(61)63/h3-40H,1-2H3. The molecule has 1 unspecified atom stereocenters. The molecule has 0 aromatic heterocycles. The van der Waals surface area contributed by atoms with Gasteiger partial charge < -0.3 is 9.80 Å². The third-order valence-corrected chi connectivity index (χ3v) is 14.0.